The third kappa shape index (κ3) is 2.84. The summed E-state index contributed by atoms with van der Waals surface area (Å²) in [4.78, 5) is 11.9. The maximum atomic E-state index is 11.9. The summed E-state index contributed by atoms with van der Waals surface area (Å²) in [6.45, 7) is 0. The molecule has 0 atom stereocenters. The van der Waals surface area contributed by atoms with Gasteiger partial charge in [-0.25, -0.2) is 0 Å². The molecular formula is C10H15ClN3O+. The van der Waals surface area contributed by atoms with Crippen LogP contribution in [0.2, 0.25) is 0 Å². The van der Waals surface area contributed by atoms with Crippen LogP contribution in [0.5, 0.6) is 0 Å². The molecule has 0 bridgehead atoms. The van der Waals surface area contributed by atoms with E-state index in [1.165, 1.54) is 5.01 Å². The number of anilines is 1. The van der Waals surface area contributed by atoms with Gasteiger partial charge in [0.05, 0.1) is 7.05 Å². The molecule has 1 amide bonds. The molecule has 0 aromatic heterocycles. The summed E-state index contributed by atoms with van der Waals surface area (Å²) in [5.41, 5.74) is 6.74. The van der Waals surface area contributed by atoms with E-state index in [9.17, 15) is 4.79 Å². The van der Waals surface area contributed by atoms with Crippen LogP contribution in [0.4, 0.5) is 5.69 Å². The van der Waals surface area contributed by atoms with Crippen LogP contribution in [0.3, 0.4) is 0 Å². The van der Waals surface area contributed by atoms with Gasteiger partial charge in [0.15, 0.2) is 11.8 Å². The minimum Gasteiger partial charge on any atom is -0.399 e. The number of carbonyl (C=O) groups is 1. The lowest BCUT2D eigenvalue weighted by atomic mass is 10.2. The Morgan fingerprint density at radius 3 is 2.20 bits per heavy atom. The first-order valence-electron chi connectivity index (χ1n) is 4.50. The molecule has 1 aromatic rings. The van der Waals surface area contributed by atoms with Gasteiger partial charge >= 0.3 is 0 Å². The molecular weight excluding hydrogens is 214 g/mol. The van der Waals surface area contributed by atoms with Gasteiger partial charge in [-0.15, -0.1) is 4.11 Å². The van der Waals surface area contributed by atoms with E-state index in [0.717, 1.165) is 0 Å². The van der Waals surface area contributed by atoms with Crippen LogP contribution in [0, 0.1) is 0 Å². The maximum absolute atomic E-state index is 11.9. The van der Waals surface area contributed by atoms with Crippen LogP contribution < -0.4 is 5.73 Å². The zero-order valence-corrected chi connectivity index (χ0v) is 9.82. The largest absolute Gasteiger partial charge is 0.399 e. The fourth-order valence-electron chi connectivity index (χ4n) is 1.03. The van der Waals surface area contributed by atoms with Crippen molar-refractivity contribution < 1.29 is 8.91 Å². The van der Waals surface area contributed by atoms with Crippen LogP contribution in [-0.2, 0) is 0 Å². The highest BCUT2D eigenvalue weighted by Crippen LogP contribution is 2.13. The molecule has 0 aliphatic carbocycles. The standard InChI is InChI=1S/C10H14ClN3O/c1-13(14(2,3)11)10(15)8-4-6-9(12)7-5-8/h4-7H,1-3H3,(H-,12,15)/p+1. The normalized spacial score (nSPS) is 11.2. The Labute approximate surface area is 94.5 Å². The number of rotatable bonds is 2. The number of hydrogen-bond acceptors (Lipinski definition) is 2. The van der Waals surface area contributed by atoms with Gasteiger partial charge in [0.1, 0.15) is 14.1 Å². The van der Waals surface area contributed by atoms with E-state index >= 15 is 0 Å². The summed E-state index contributed by atoms with van der Waals surface area (Å²) >= 11 is 5.98. The zero-order valence-electron chi connectivity index (χ0n) is 9.07. The minimum atomic E-state index is -0.144. The van der Waals surface area contributed by atoms with Crippen LogP contribution in [0.15, 0.2) is 24.3 Å². The molecule has 0 aliphatic rings. The minimum absolute atomic E-state index is 0.0663. The number of quaternary nitrogens is 1. The van der Waals surface area contributed by atoms with Crippen molar-refractivity contribution in [3.05, 3.63) is 29.8 Å². The van der Waals surface area contributed by atoms with Crippen molar-refractivity contribution in [2.24, 2.45) is 0 Å². The quantitative estimate of drug-likeness (QED) is 0.474. The van der Waals surface area contributed by atoms with E-state index < -0.39 is 0 Å². The van der Waals surface area contributed by atoms with E-state index in [0.29, 0.717) is 11.3 Å². The highest BCUT2D eigenvalue weighted by molar-refractivity contribution is 6.07. The average molecular weight is 229 g/mol. The van der Waals surface area contributed by atoms with Gasteiger partial charge in [-0.1, -0.05) is 0 Å². The van der Waals surface area contributed by atoms with Crippen LogP contribution in [0.1, 0.15) is 10.4 Å². The van der Waals surface area contributed by atoms with Crippen molar-refractivity contribution in [3.63, 3.8) is 0 Å². The van der Waals surface area contributed by atoms with Gasteiger partial charge in [-0.05, 0) is 24.3 Å². The van der Waals surface area contributed by atoms with Crippen LogP contribution in [0.25, 0.3) is 0 Å². The maximum Gasteiger partial charge on any atom is 0.299 e. The molecule has 1 rings (SSSR count). The summed E-state index contributed by atoms with van der Waals surface area (Å²) < 4.78 is -0.0663. The predicted octanol–water partition coefficient (Wildman–Crippen LogP) is 1.49. The first kappa shape index (κ1) is 11.8. The SMILES string of the molecule is CN(C(=O)c1ccc(N)cc1)[N+](C)(C)Cl. The second kappa shape index (κ2) is 4.08. The monoisotopic (exact) mass is 228 g/mol. The van der Waals surface area contributed by atoms with Gasteiger partial charge in [0.2, 0.25) is 0 Å². The number of amides is 1. The van der Waals surface area contributed by atoms with Crippen molar-refractivity contribution >= 4 is 23.4 Å². The molecule has 1 aromatic carbocycles. The smallest absolute Gasteiger partial charge is 0.299 e. The molecule has 82 valence electrons. The first-order chi connectivity index (χ1) is 6.82. The molecule has 4 nitrogen and oxygen atoms in total. The second-order valence-corrected chi connectivity index (χ2v) is 4.54. The van der Waals surface area contributed by atoms with Crippen molar-refractivity contribution in [1.29, 1.82) is 0 Å². The third-order valence-electron chi connectivity index (χ3n) is 2.16. The fraction of sp³-hybridized carbons (Fsp3) is 0.300. The van der Waals surface area contributed by atoms with Gasteiger partial charge in [0.25, 0.3) is 5.91 Å². The Morgan fingerprint density at radius 1 is 1.33 bits per heavy atom. The van der Waals surface area contributed by atoms with E-state index in [1.54, 1.807) is 45.4 Å². The number of halogens is 1. The molecule has 0 heterocycles. The van der Waals surface area contributed by atoms with Crippen molar-refractivity contribution in [1.82, 2.24) is 5.01 Å². The fourth-order valence-corrected chi connectivity index (χ4v) is 1.10. The number of carbonyl (C=O) groups excluding carboxylic acids is 1. The molecule has 0 saturated carbocycles. The third-order valence-corrected chi connectivity index (χ3v) is 2.39. The topological polar surface area (TPSA) is 46.3 Å². The lowest BCUT2D eigenvalue weighted by molar-refractivity contribution is -0.881. The first-order valence-corrected chi connectivity index (χ1v) is 4.84. The summed E-state index contributed by atoms with van der Waals surface area (Å²) in [6.07, 6.45) is 0. The number of benzene rings is 1. The molecule has 0 unspecified atom stereocenters. The van der Waals surface area contributed by atoms with Crippen molar-refractivity contribution in [2.75, 3.05) is 26.9 Å². The molecule has 2 N–H and O–H groups in total. The van der Waals surface area contributed by atoms with E-state index in [-0.39, 0.29) is 10.0 Å². The van der Waals surface area contributed by atoms with Gasteiger partial charge in [-0.3, -0.25) is 4.79 Å². The Morgan fingerprint density at radius 2 is 1.80 bits per heavy atom. The van der Waals surface area contributed by atoms with Crippen LogP contribution in [-0.4, -0.2) is 36.2 Å². The Balaban J connectivity index is 2.90. The van der Waals surface area contributed by atoms with Crippen LogP contribution >= 0.6 is 11.8 Å². The van der Waals surface area contributed by atoms with Gasteiger partial charge in [-0.2, -0.15) is 5.01 Å². The Hall–Kier alpha value is -1.26. The Kier molecular flexibility index (Phi) is 3.21. The summed E-state index contributed by atoms with van der Waals surface area (Å²) in [7, 11) is 5.05. The highest BCUT2D eigenvalue weighted by atomic mass is 35.5. The average Bonchev–Trinajstić information content (AvgIpc) is 2.15. The second-order valence-electron chi connectivity index (χ2n) is 3.71. The lowest BCUT2D eigenvalue weighted by Crippen LogP contribution is -2.48. The van der Waals surface area contributed by atoms with Gasteiger partial charge < -0.3 is 5.73 Å². The van der Waals surface area contributed by atoms with E-state index in [4.69, 9.17) is 17.5 Å². The molecule has 5 heteroatoms. The van der Waals surface area contributed by atoms with Crippen molar-refractivity contribution in [2.45, 2.75) is 0 Å². The number of nitrogen functional groups attached to an aromatic ring is 1. The van der Waals surface area contributed by atoms with Crippen molar-refractivity contribution in [3.8, 4) is 0 Å². The van der Waals surface area contributed by atoms with E-state index in [1.807, 2.05) is 0 Å². The summed E-state index contributed by atoms with van der Waals surface area (Å²) in [5, 5.41) is 1.42. The number of hydrogen-bond donors (Lipinski definition) is 1. The molecule has 0 radical (unpaired) electrons. The molecule has 0 saturated heterocycles. The molecule has 15 heavy (non-hydrogen) atoms. The zero-order chi connectivity index (χ0) is 11.6. The Bertz CT molecular complexity index is 356. The highest BCUT2D eigenvalue weighted by Gasteiger charge is 2.26. The molecule has 0 aliphatic heterocycles. The summed E-state index contributed by atoms with van der Waals surface area (Å²) in [5.74, 6) is -0.144. The predicted molar refractivity (Wildman–Crippen MR) is 60.9 cm³/mol. The number of nitrogens with two attached hydrogens (primary N) is 1. The summed E-state index contributed by atoms with van der Waals surface area (Å²) in [6, 6.07) is 6.74. The lowest BCUT2D eigenvalue weighted by Gasteiger charge is -2.28. The van der Waals surface area contributed by atoms with E-state index in [2.05, 4.69) is 0 Å². The van der Waals surface area contributed by atoms with Gasteiger partial charge in [0, 0.05) is 11.3 Å². The molecule has 0 spiro atoms. The molecule has 0 fully saturated rings. The number of nitrogens with zero attached hydrogens (tertiary/aromatic N) is 2.